The van der Waals surface area contributed by atoms with Gasteiger partial charge < -0.3 is 15.2 Å². The van der Waals surface area contributed by atoms with Crippen molar-refractivity contribution >= 4 is 12.1 Å². The molecule has 0 spiro atoms. The molecule has 0 atom stereocenters. The van der Waals surface area contributed by atoms with Gasteiger partial charge in [-0.3, -0.25) is 0 Å². The first kappa shape index (κ1) is 10.3. The molecule has 0 rings (SSSR count). The fourth-order valence-corrected chi connectivity index (χ4v) is 0.383. The van der Waals surface area contributed by atoms with Gasteiger partial charge in [0.2, 0.25) is 0 Å². The number of nitrogens with two attached hydrogens (primary N) is 1. The van der Waals surface area contributed by atoms with Crippen molar-refractivity contribution in [3.05, 3.63) is 0 Å². The number of hydrogen-bond donors (Lipinski definition) is 1. The third kappa shape index (κ3) is 6.42. The first-order valence-corrected chi connectivity index (χ1v) is 3.24. The quantitative estimate of drug-likeness (QED) is 0.350. The maximum absolute atomic E-state index is 10.5. The summed E-state index contributed by atoms with van der Waals surface area (Å²) in [5, 5.41) is 0. The van der Waals surface area contributed by atoms with Crippen LogP contribution in [-0.4, -0.2) is 25.3 Å². The van der Waals surface area contributed by atoms with E-state index in [9.17, 15) is 9.59 Å². The zero-order valence-electron chi connectivity index (χ0n) is 6.62. The summed E-state index contributed by atoms with van der Waals surface area (Å²) in [4.78, 5) is 20.5. The second kappa shape index (κ2) is 6.04. The van der Waals surface area contributed by atoms with Gasteiger partial charge in [0.15, 0.2) is 6.61 Å². The SMILES string of the molecule is CCOC(=O)C#CCOC(N)=O. The Morgan fingerprint density at radius 3 is 2.58 bits per heavy atom. The molecule has 0 aliphatic heterocycles. The first-order chi connectivity index (χ1) is 5.66. The third-order valence-electron chi connectivity index (χ3n) is 0.752. The molecule has 1 amide bonds. The highest BCUT2D eigenvalue weighted by Crippen LogP contribution is 1.75. The van der Waals surface area contributed by atoms with Crippen molar-refractivity contribution < 1.29 is 19.1 Å². The number of esters is 1. The summed E-state index contributed by atoms with van der Waals surface area (Å²) in [5.74, 6) is 3.70. The molecule has 0 heterocycles. The Hall–Kier alpha value is -1.70. The lowest BCUT2D eigenvalue weighted by atomic mass is 10.6. The van der Waals surface area contributed by atoms with Gasteiger partial charge in [-0.15, -0.1) is 0 Å². The largest absolute Gasteiger partial charge is 0.456 e. The molecular formula is C7H9NO4. The van der Waals surface area contributed by atoms with E-state index in [-0.39, 0.29) is 13.2 Å². The van der Waals surface area contributed by atoms with Crippen LogP contribution < -0.4 is 5.73 Å². The number of primary amides is 1. The van der Waals surface area contributed by atoms with Crippen molar-refractivity contribution in [3.8, 4) is 11.8 Å². The molecule has 2 N–H and O–H groups in total. The molecule has 0 unspecified atom stereocenters. The topological polar surface area (TPSA) is 78.6 Å². The molecule has 0 fully saturated rings. The summed E-state index contributed by atoms with van der Waals surface area (Å²) in [6, 6.07) is 0. The molecule has 0 aromatic heterocycles. The van der Waals surface area contributed by atoms with E-state index < -0.39 is 12.1 Å². The number of carbonyl (C=O) groups excluding carboxylic acids is 2. The summed E-state index contributed by atoms with van der Waals surface area (Å²) in [7, 11) is 0. The van der Waals surface area contributed by atoms with Gasteiger partial charge >= 0.3 is 12.1 Å². The minimum Gasteiger partial charge on any atom is -0.456 e. The van der Waals surface area contributed by atoms with Crippen molar-refractivity contribution in [1.29, 1.82) is 0 Å². The van der Waals surface area contributed by atoms with Crippen molar-refractivity contribution in [3.63, 3.8) is 0 Å². The zero-order valence-corrected chi connectivity index (χ0v) is 6.62. The van der Waals surface area contributed by atoms with Gasteiger partial charge in [0, 0.05) is 5.92 Å². The Bertz CT molecular complexity index is 225. The molecular weight excluding hydrogens is 162 g/mol. The maximum atomic E-state index is 10.5. The van der Waals surface area contributed by atoms with Crippen LogP contribution in [0, 0.1) is 11.8 Å². The van der Waals surface area contributed by atoms with Gasteiger partial charge in [0.05, 0.1) is 6.61 Å². The van der Waals surface area contributed by atoms with E-state index in [0.29, 0.717) is 0 Å². The van der Waals surface area contributed by atoms with E-state index in [2.05, 4.69) is 27.0 Å². The Morgan fingerprint density at radius 2 is 2.08 bits per heavy atom. The van der Waals surface area contributed by atoms with E-state index in [1.165, 1.54) is 0 Å². The predicted octanol–water partition coefficient (Wildman–Crippen LogP) is -0.352. The lowest BCUT2D eigenvalue weighted by Gasteiger charge is -1.92. The van der Waals surface area contributed by atoms with Gasteiger partial charge in [-0.2, -0.15) is 0 Å². The number of carbonyl (C=O) groups is 2. The summed E-state index contributed by atoms with van der Waals surface area (Å²) in [6.45, 7) is 1.73. The van der Waals surface area contributed by atoms with Crippen molar-refractivity contribution in [2.24, 2.45) is 5.73 Å². The van der Waals surface area contributed by atoms with Crippen molar-refractivity contribution in [1.82, 2.24) is 0 Å². The second-order valence-electron chi connectivity index (χ2n) is 1.63. The van der Waals surface area contributed by atoms with Gasteiger partial charge in [0.25, 0.3) is 0 Å². The van der Waals surface area contributed by atoms with Crippen LogP contribution in [-0.2, 0) is 14.3 Å². The first-order valence-electron chi connectivity index (χ1n) is 3.24. The fraction of sp³-hybridized carbons (Fsp3) is 0.429. The zero-order chi connectivity index (χ0) is 9.40. The van der Waals surface area contributed by atoms with Crippen molar-refractivity contribution in [2.45, 2.75) is 6.92 Å². The Morgan fingerprint density at radius 1 is 1.42 bits per heavy atom. The second-order valence-corrected chi connectivity index (χ2v) is 1.63. The van der Waals surface area contributed by atoms with Gasteiger partial charge in [-0.25, -0.2) is 9.59 Å². The average Bonchev–Trinajstić information content (AvgIpc) is 1.98. The molecule has 0 saturated heterocycles. The maximum Gasteiger partial charge on any atom is 0.405 e. The number of amides is 1. The van der Waals surface area contributed by atoms with Crippen LogP contribution in [0.2, 0.25) is 0 Å². The van der Waals surface area contributed by atoms with E-state index >= 15 is 0 Å². The third-order valence-corrected chi connectivity index (χ3v) is 0.752. The van der Waals surface area contributed by atoms with Crippen LogP contribution in [0.5, 0.6) is 0 Å². The predicted molar refractivity (Wildman–Crippen MR) is 39.9 cm³/mol. The lowest BCUT2D eigenvalue weighted by molar-refractivity contribution is -0.136. The summed E-state index contributed by atoms with van der Waals surface area (Å²) < 4.78 is 8.69. The van der Waals surface area contributed by atoms with Gasteiger partial charge in [0.1, 0.15) is 0 Å². The molecule has 0 radical (unpaired) electrons. The van der Waals surface area contributed by atoms with Crippen LogP contribution in [0.25, 0.3) is 0 Å². The molecule has 66 valence electrons. The highest BCUT2D eigenvalue weighted by Gasteiger charge is 1.92. The molecule has 0 aliphatic rings. The Labute approximate surface area is 69.8 Å². The smallest absolute Gasteiger partial charge is 0.405 e. The Balaban J connectivity index is 3.58. The number of ether oxygens (including phenoxy) is 2. The summed E-state index contributed by atoms with van der Waals surface area (Å²) >= 11 is 0. The fourth-order valence-electron chi connectivity index (χ4n) is 0.383. The number of hydrogen-bond acceptors (Lipinski definition) is 4. The van der Waals surface area contributed by atoms with Crippen LogP contribution in [0.4, 0.5) is 4.79 Å². The van der Waals surface area contributed by atoms with Crippen LogP contribution in [0.1, 0.15) is 6.92 Å². The molecule has 12 heavy (non-hydrogen) atoms. The number of rotatable bonds is 2. The van der Waals surface area contributed by atoms with E-state index in [1.807, 2.05) is 0 Å². The van der Waals surface area contributed by atoms with E-state index in [1.54, 1.807) is 6.92 Å². The standard InChI is InChI=1S/C7H9NO4/c1-2-11-6(9)4-3-5-12-7(8)10/h2,5H2,1H3,(H2,8,10). The normalized spacial score (nSPS) is 7.75. The van der Waals surface area contributed by atoms with Crippen LogP contribution in [0.15, 0.2) is 0 Å². The minimum atomic E-state index is -0.923. The van der Waals surface area contributed by atoms with Gasteiger partial charge in [-0.05, 0) is 12.8 Å². The monoisotopic (exact) mass is 171 g/mol. The summed E-state index contributed by atoms with van der Waals surface area (Å²) in [5.41, 5.74) is 4.62. The van der Waals surface area contributed by atoms with E-state index in [0.717, 1.165) is 0 Å². The Kier molecular flexibility index (Phi) is 5.18. The molecule has 0 aromatic carbocycles. The summed E-state index contributed by atoms with van der Waals surface area (Å²) in [6.07, 6.45) is -0.923. The molecule has 0 bridgehead atoms. The molecule has 0 saturated carbocycles. The minimum absolute atomic E-state index is 0.200. The van der Waals surface area contributed by atoms with Crippen LogP contribution >= 0.6 is 0 Å². The molecule has 0 aliphatic carbocycles. The van der Waals surface area contributed by atoms with Gasteiger partial charge in [-0.1, -0.05) is 0 Å². The van der Waals surface area contributed by atoms with Crippen molar-refractivity contribution in [2.75, 3.05) is 13.2 Å². The van der Waals surface area contributed by atoms with E-state index in [4.69, 9.17) is 0 Å². The molecule has 0 aromatic rings. The molecule has 5 heteroatoms. The highest BCUT2D eigenvalue weighted by atomic mass is 16.5. The average molecular weight is 171 g/mol. The molecule has 5 nitrogen and oxygen atoms in total. The highest BCUT2D eigenvalue weighted by molar-refractivity contribution is 5.88. The van der Waals surface area contributed by atoms with Crippen LogP contribution in [0.3, 0.4) is 0 Å². The lowest BCUT2D eigenvalue weighted by Crippen LogP contribution is -2.13.